The Labute approximate surface area is 80.9 Å². The molecule has 0 bridgehead atoms. The largest absolute Gasteiger partial charge is 0.186 e. The average molecular weight is 169 g/mol. The van der Waals surface area contributed by atoms with E-state index < -0.39 is 0 Å². The molecule has 1 heteroatoms. The van der Waals surface area contributed by atoms with Crippen molar-refractivity contribution in [2.75, 3.05) is 0 Å². The zero-order valence-corrected chi connectivity index (χ0v) is 8.25. The smallest absolute Gasteiger partial charge is 0.102 e. The predicted octanol–water partition coefficient (Wildman–Crippen LogP) is 2.42. The second-order valence-corrected chi connectivity index (χ2v) is 4.09. The van der Waals surface area contributed by atoms with E-state index in [4.69, 9.17) is 0 Å². The highest BCUT2D eigenvalue weighted by Gasteiger charge is 2.13. The second-order valence-electron chi connectivity index (χ2n) is 4.09. The molecule has 0 fully saturated rings. The Kier molecular flexibility index (Phi) is 2.26. The lowest BCUT2D eigenvalue weighted by atomic mass is 9.65. The van der Waals surface area contributed by atoms with Crippen LogP contribution in [0.25, 0.3) is 6.08 Å². The third-order valence-corrected chi connectivity index (χ3v) is 2.32. The molecule has 0 N–H and O–H groups in total. The quantitative estimate of drug-likeness (QED) is 0.596. The molecule has 1 aliphatic rings. The summed E-state index contributed by atoms with van der Waals surface area (Å²) in [5.41, 5.74) is 4.22. The zero-order valence-electron chi connectivity index (χ0n) is 8.25. The van der Waals surface area contributed by atoms with Gasteiger partial charge in [0.05, 0.1) is 0 Å². The van der Waals surface area contributed by atoms with Crippen LogP contribution in [0.5, 0.6) is 0 Å². The van der Waals surface area contributed by atoms with Gasteiger partial charge in [-0.3, -0.25) is 0 Å². The van der Waals surface area contributed by atoms with E-state index >= 15 is 0 Å². The van der Waals surface area contributed by atoms with Crippen molar-refractivity contribution >= 4 is 18.8 Å². The van der Waals surface area contributed by atoms with Gasteiger partial charge >= 0.3 is 0 Å². The summed E-state index contributed by atoms with van der Waals surface area (Å²) in [6.07, 6.45) is 3.49. The molecular weight excluding hydrogens is 155 g/mol. The lowest BCUT2D eigenvalue weighted by Gasteiger charge is -2.03. The average Bonchev–Trinajstić information content (AvgIpc) is 2.44. The predicted molar refractivity (Wildman–Crippen MR) is 59.3 cm³/mol. The molecule has 0 atom stereocenters. The summed E-state index contributed by atoms with van der Waals surface area (Å²) in [5, 5.41) is 0. The highest BCUT2D eigenvalue weighted by Crippen LogP contribution is 2.18. The Morgan fingerprint density at radius 1 is 1.23 bits per heavy atom. The van der Waals surface area contributed by atoms with E-state index in [1.54, 1.807) is 0 Å². The van der Waals surface area contributed by atoms with E-state index in [0.717, 1.165) is 5.92 Å². The number of benzene rings is 1. The van der Waals surface area contributed by atoms with Crippen molar-refractivity contribution in [1.82, 2.24) is 0 Å². The van der Waals surface area contributed by atoms with Gasteiger partial charge < -0.3 is 0 Å². The Morgan fingerprint density at radius 3 is 2.69 bits per heavy atom. The third kappa shape index (κ3) is 1.85. The van der Waals surface area contributed by atoms with Crippen LogP contribution in [-0.4, -0.2) is 7.28 Å². The van der Waals surface area contributed by atoms with Crippen molar-refractivity contribution in [1.29, 1.82) is 0 Å². The zero-order chi connectivity index (χ0) is 9.26. The molecule has 0 aliphatic carbocycles. The van der Waals surface area contributed by atoms with Gasteiger partial charge in [-0.05, 0) is 17.9 Å². The van der Waals surface area contributed by atoms with Gasteiger partial charge in [-0.15, -0.1) is 5.47 Å². The summed E-state index contributed by atoms with van der Waals surface area (Å²) in [6.45, 7) is 4.52. The summed E-state index contributed by atoms with van der Waals surface area (Å²) in [6, 6.07) is 8.56. The highest BCUT2D eigenvalue weighted by atomic mass is 14.1. The first-order chi connectivity index (χ1) is 6.25. The lowest BCUT2D eigenvalue weighted by molar-refractivity contribution is 0.659. The van der Waals surface area contributed by atoms with Crippen LogP contribution in [0.2, 0.25) is 0 Å². The summed E-state index contributed by atoms with van der Waals surface area (Å²) in [4.78, 5) is 0. The van der Waals surface area contributed by atoms with E-state index in [1.807, 2.05) is 0 Å². The van der Waals surface area contributed by atoms with Crippen LogP contribution in [0, 0.1) is 5.92 Å². The topological polar surface area (TPSA) is 0 Å². The molecule has 1 aromatic carbocycles. The number of allylic oxidation sites excluding steroid dienone is 1. The second kappa shape index (κ2) is 3.41. The van der Waals surface area contributed by atoms with Crippen LogP contribution in [0.3, 0.4) is 0 Å². The van der Waals surface area contributed by atoms with Crippen LogP contribution in [-0.2, 0) is 0 Å². The van der Waals surface area contributed by atoms with Crippen molar-refractivity contribution in [2.45, 2.75) is 20.3 Å². The minimum absolute atomic E-state index is 0.747. The molecule has 0 unspecified atom stereocenters. The normalized spacial score (nSPS) is 13.9. The van der Waals surface area contributed by atoms with Crippen LogP contribution >= 0.6 is 0 Å². The van der Waals surface area contributed by atoms with Crippen molar-refractivity contribution in [3.63, 3.8) is 0 Å². The maximum atomic E-state index is 2.30. The van der Waals surface area contributed by atoms with Crippen LogP contribution < -0.4 is 5.46 Å². The van der Waals surface area contributed by atoms with E-state index in [-0.39, 0.29) is 0 Å². The molecule has 13 heavy (non-hydrogen) atoms. The minimum Gasteiger partial charge on any atom is -0.102 e. The van der Waals surface area contributed by atoms with Gasteiger partial charge in [0.15, 0.2) is 7.28 Å². The van der Waals surface area contributed by atoms with Crippen LogP contribution in [0.15, 0.2) is 29.7 Å². The van der Waals surface area contributed by atoms with Crippen molar-refractivity contribution in [3.05, 3.63) is 35.3 Å². The number of rotatable bonds is 2. The lowest BCUT2D eigenvalue weighted by Crippen LogP contribution is -2.13. The van der Waals surface area contributed by atoms with Gasteiger partial charge in [0.1, 0.15) is 0 Å². The van der Waals surface area contributed by atoms with E-state index in [1.165, 1.54) is 22.9 Å². The van der Waals surface area contributed by atoms with Crippen LogP contribution in [0.4, 0.5) is 0 Å². The first-order valence-electron chi connectivity index (χ1n) is 4.90. The molecule has 2 rings (SSSR count). The Bertz CT molecular complexity index is 337. The molecule has 0 saturated heterocycles. The molecule has 1 aliphatic heterocycles. The number of hydrogen-bond acceptors (Lipinski definition) is 0. The molecule has 1 radical (unpaired) electrons. The fourth-order valence-corrected chi connectivity index (χ4v) is 1.80. The summed E-state index contributed by atoms with van der Waals surface area (Å²) >= 11 is 0. The molecule has 1 heterocycles. The summed E-state index contributed by atoms with van der Waals surface area (Å²) < 4.78 is 0. The molecular formula is C12H14B. The summed E-state index contributed by atoms with van der Waals surface area (Å²) in [5.74, 6) is 0.747. The Balaban J connectivity index is 2.17. The molecule has 0 nitrogen and oxygen atoms in total. The van der Waals surface area contributed by atoms with Gasteiger partial charge in [0.2, 0.25) is 0 Å². The van der Waals surface area contributed by atoms with Crippen molar-refractivity contribution in [3.8, 4) is 0 Å². The maximum Gasteiger partial charge on any atom is 0.186 e. The SMILES string of the molecule is CC(C)CC1=Cc2ccccc2[B]1. The van der Waals surface area contributed by atoms with Crippen molar-refractivity contribution in [2.24, 2.45) is 5.92 Å². The van der Waals surface area contributed by atoms with Gasteiger partial charge in [-0.25, -0.2) is 0 Å². The first-order valence-corrected chi connectivity index (χ1v) is 4.90. The fraction of sp³-hybridized carbons (Fsp3) is 0.333. The Morgan fingerprint density at radius 2 is 2.00 bits per heavy atom. The van der Waals surface area contributed by atoms with Crippen molar-refractivity contribution < 1.29 is 0 Å². The molecule has 1 aromatic rings. The molecule has 0 aromatic heterocycles. The Hall–Kier alpha value is -0.975. The van der Waals surface area contributed by atoms with Gasteiger partial charge in [-0.1, -0.05) is 49.7 Å². The monoisotopic (exact) mass is 169 g/mol. The number of fused-ring (bicyclic) bond motifs is 1. The van der Waals surface area contributed by atoms with Crippen LogP contribution in [0.1, 0.15) is 25.8 Å². The highest BCUT2D eigenvalue weighted by molar-refractivity contribution is 6.65. The van der Waals surface area contributed by atoms with Gasteiger partial charge in [0.25, 0.3) is 0 Å². The standard InChI is InChI=1S/C12H14B/c1-9(2)7-11-8-10-5-3-4-6-12(10)13-11/h3-6,8-9H,7H2,1-2H3. The third-order valence-electron chi connectivity index (χ3n) is 2.32. The van der Waals surface area contributed by atoms with E-state index in [0.29, 0.717) is 0 Å². The minimum atomic E-state index is 0.747. The molecule has 65 valence electrons. The van der Waals surface area contributed by atoms with E-state index in [2.05, 4.69) is 51.5 Å². The number of hydrogen-bond donors (Lipinski definition) is 0. The van der Waals surface area contributed by atoms with Gasteiger partial charge in [-0.2, -0.15) is 0 Å². The van der Waals surface area contributed by atoms with E-state index in [9.17, 15) is 0 Å². The maximum absolute atomic E-state index is 2.30. The molecule has 0 spiro atoms. The summed E-state index contributed by atoms with van der Waals surface area (Å²) in [7, 11) is 2.30. The van der Waals surface area contributed by atoms with Gasteiger partial charge in [0, 0.05) is 0 Å². The fourth-order valence-electron chi connectivity index (χ4n) is 1.80. The first kappa shape index (κ1) is 8.62. The molecule has 0 saturated carbocycles. The molecule has 0 amide bonds.